The maximum absolute atomic E-state index is 11.7. The van der Waals surface area contributed by atoms with Crippen molar-refractivity contribution in [3.05, 3.63) is 0 Å². The van der Waals surface area contributed by atoms with Crippen molar-refractivity contribution in [2.24, 2.45) is 0 Å². The second kappa shape index (κ2) is 5.09. The molecular weight excluding hydrogens is 253 g/mol. The van der Waals surface area contributed by atoms with Crippen molar-refractivity contribution in [1.29, 1.82) is 0 Å². The van der Waals surface area contributed by atoms with E-state index in [4.69, 9.17) is 4.89 Å². The van der Waals surface area contributed by atoms with Crippen LogP contribution in [0.5, 0.6) is 0 Å². The number of alkyl halides is 6. The molecule has 0 aliphatic rings. The fraction of sp³-hybridized carbons (Fsp3) is 1.00. The van der Waals surface area contributed by atoms with E-state index in [-0.39, 0.29) is 0 Å². The summed E-state index contributed by atoms with van der Waals surface area (Å²) in [6.07, 6.45) is -16.0. The number of hydrogen-bond donors (Lipinski definition) is 1. The van der Waals surface area contributed by atoms with Gasteiger partial charge in [-0.3, -0.25) is 0 Å². The van der Waals surface area contributed by atoms with Gasteiger partial charge in [0.15, 0.2) is 0 Å². The smallest absolute Gasteiger partial charge is 0.171 e. The zero-order chi connectivity index (χ0) is 12.3. The Kier molecular flexibility index (Phi) is 4.95. The SMILES string of the molecule is O=[P+](O)OC(CC(F)(F)F)CC(F)(F)F. The molecule has 0 saturated carbocycles. The quantitative estimate of drug-likeness (QED) is 0.623. The number of hydrogen-bond acceptors (Lipinski definition) is 2. The van der Waals surface area contributed by atoms with E-state index in [1.54, 1.807) is 0 Å². The lowest BCUT2D eigenvalue weighted by atomic mass is 10.2. The topological polar surface area (TPSA) is 46.5 Å². The van der Waals surface area contributed by atoms with E-state index >= 15 is 0 Å². The van der Waals surface area contributed by atoms with Crippen LogP contribution in [-0.4, -0.2) is 23.3 Å². The molecule has 1 N–H and O–H groups in total. The van der Waals surface area contributed by atoms with Gasteiger partial charge < -0.3 is 0 Å². The Labute approximate surface area is 81.0 Å². The molecule has 0 fully saturated rings. The van der Waals surface area contributed by atoms with Gasteiger partial charge in [0.1, 0.15) is 6.10 Å². The predicted octanol–water partition coefficient (Wildman–Crippen LogP) is 2.93. The van der Waals surface area contributed by atoms with Crippen LogP contribution in [0.25, 0.3) is 0 Å². The molecule has 10 heteroatoms. The Morgan fingerprint density at radius 3 is 1.60 bits per heavy atom. The highest BCUT2D eigenvalue weighted by molar-refractivity contribution is 7.32. The van der Waals surface area contributed by atoms with Crippen LogP contribution in [0.1, 0.15) is 12.8 Å². The molecular formula is C5H6F6O3P+. The Morgan fingerprint density at radius 2 is 1.40 bits per heavy atom. The van der Waals surface area contributed by atoms with Crippen LogP contribution in [0.4, 0.5) is 26.3 Å². The Hall–Kier alpha value is -0.400. The summed E-state index contributed by atoms with van der Waals surface area (Å²) in [4.78, 5) is 8.07. The summed E-state index contributed by atoms with van der Waals surface area (Å²) >= 11 is 0. The van der Waals surface area contributed by atoms with E-state index < -0.39 is 39.6 Å². The van der Waals surface area contributed by atoms with Crippen molar-refractivity contribution in [2.45, 2.75) is 31.3 Å². The molecule has 0 aliphatic carbocycles. The van der Waals surface area contributed by atoms with Gasteiger partial charge in [-0.1, -0.05) is 0 Å². The summed E-state index contributed by atoms with van der Waals surface area (Å²) in [5.74, 6) is 0. The van der Waals surface area contributed by atoms with Crippen LogP contribution in [0.15, 0.2) is 0 Å². The van der Waals surface area contributed by atoms with Crippen LogP contribution < -0.4 is 0 Å². The molecule has 0 aromatic rings. The molecule has 0 radical (unpaired) electrons. The first-order valence-corrected chi connectivity index (χ1v) is 4.59. The van der Waals surface area contributed by atoms with E-state index in [2.05, 4.69) is 4.52 Å². The molecule has 0 aromatic heterocycles. The third-order valence-corrected chi connectivity index (χ3v) is 1.64. The van der Waals surface area contributed by atoms with Crippen LogP contribution in [-0.2, 0) is 9.09 Å². The minimum Gasteiger partial charge on any atom is -0.171 e. The highest BCUT2D eigenvalue weighted by Gasteiger charge is 2.43. The standard InChI is InChI=1S/C5H5F6O3P/c6-4(7,8)1-3(14-15(12)13)2-5(9,10)11/h3H,1-2H2/p+1. The summed E-state index contributed by atoms with van der Waals surface area (Å²) in [7, 11) is -3.50. The molecule has 3 nitrogen and oxygen atoms in total. The summed E-state index contributed by atoms with van der Waals surface area (Å²) in [5.41, 5.74) is 0. The van der Waals surface area contributed by atoms with Gasteiger partial charge in [-0.05, 0) is 0 Å². The number of rotatable bonds is 4. The molecule has 0 spiro atoms. The van der Waals surface area contributed by atoms with Gasteiger partial charge >= 0.3 is 20.6 Å². The van der Waals surface area contributed by atoms with Crippen molar-refractivity contribution < 1.29 is 40.3 Å². The van der Waals surface area contributed by atoms with Crippen molar-refractivity contribution >= 4 is 8.25 Å². The van der Waals surface area contributed by atoms with Gasteiger partial charge in [0.25, 0.3) is 0 Å². The molecule has 0 aliphatic heterocycles. The van der Waals surface area contributed by atoms with Gasteiger partial charge in [0.05, 0.1) is 12.8 Å². The molecule has 0 saturated heterocycles. The zero-order valence-electron chi connectivity index (χ0n) is 6.97. The summed E-state index contributed by atoms with van der Waals surface area (Å²) in [6, 6.07) is 0. The average molecular weight is 259 g/mol. The summed E-state index contributed by atoms with van der Waals surface area (Å²) in [6.45, 7) is 0. The first-order chi connectivity index (χ1) is 6.49. The predicted molar refractivity (Wildman–Crippen MR) is 36.0 cm³/mol. The molecule has 0 aromatic carbocycles. The Bertz CT molecular complexity index is 208. The van der Waals surface area contributed by atoms with E-state index in [9.17, 15) is 30.9 Å². The van der Waals surface area contributed by atoms with E-state index in [0.29, 0.717) is 0 Å². The highest BCUT2D eigenvalue weighted by atomic mass is 31.1. The minimum atomic E-state index is -4.89. The van der Waals surface area contributed by atoms with Gasteiger partial charge in [-0.2, -0.15) is 26.3 Å². The normalized spacial score (nSPS) is 14.5. The third-order valence-electron chi connectivity index (χ3n) is 1.16. The second-order valence-corrected chi connectivity index (χ2v) is 3.29. The van der Waals surface area contributed by atoms with Crippen LogP contribution in [0.2, 0.25) is 0 Å². The Balaban J connectivity index is 4.39. The molecule has 0 bridgehead atoms. The van der Waals surface area contributed by atoms with Crippen LogP contribution in [0.3, 0.4) is 0 Å². The average Bonchev–Trinajstić information content (AvgIpc) is 1.73. The van der Waals surface area contributed by atoms with E-state index in [1.807, 2.05) is 0 Å². The molecule has 90 valence electrons. The monoisotopic (exact) mass is 259 g/mol. The first-order valence-electron chi connectivity index (χ1n) is 3.46. The molecule has 0 heterocycles. The minimum absolute atomic E-state index is 1.92. The molecule has 1 unspecified atom stereocenters. The van der Waals surface area contributed by atoms with Gasteiger partial charge in [-0.25, -0.2) is 0 Å². The van der Waals surface area contributed by atoms with Crippen molar-refractivity contribution in [3.8, 4) is 0 Å². The fourth-order valence-electron chi connectivity index (χ4n) is 0.791. The third kappa shape index (κ3) is 9.89. The maximum Gasteiger partial charge on any atom is 0.695 e. The fourth-order valence-corrected chi connectivity index (χ4v) is 1.19. The Morgan fingerprint density at radius 1 is 1.07 bits per heavy atom. The summed E-state index contributed by atoms with van der Waals surface area (Å²) < 4.78 is 83.8. The lowest BCUT2D eigenvalue weighted by Crippen LogP contribution is -2.26. The zero-order valence-corrected chi connectivity index (χ0v) is 7.86. The van der Waals surface area contributed by atoms with Gasteiger partial charge in [-0.15, -0.1) is 9.42 Å². The van der Waals surface area contributed by atoms with E-state index in [1.165, 1.54) is 0 Å². The van der Waals surface area contributed by atoms with Crippen LogP contribution >= 0.6 is 8.25 Å². The first kappa shape index (κ1) is 14.6. The van der Waals surface area contributed by atoms with E-state index in [0.717, 1.165) is 0 Å². The molecule has 1 atom stereocenters. The molecule has 0 amide bonds. The maximum atomic E-state index is 11.7. The second-order valence-electron chi connectivity index (χ2n) is 2.60. The lowest BCUT2D eigenvalue weighted by molar-refractivity contribution is -0.181. The summed E-state index contributed by atoms with van der Waals surface area (Å²) in [5, 5.41) is 0. The van der Waals surface area contributed by atoms with Crippen molar-refractivity contribution in [2.75, 3.05) is 0 Å². The van der Waals surface area contributed by atoms with Gasteiger partial charge in [0.2, 0.25) is 0 Å². The lowest BCUT2D eigenvalue weighted by Gasteiger charge is -2.14. The molecule has 0 rings (SSSR count). The molecule has 15 heavy (non-hydrogen) atoms. The largest absolute Gasteiger partial charge is 0.695 e. The van der Waals surface area contributed by atoms with Crippen molar-refractivity contribution in [3.63, 3.8) is 0 Å². The van der Waals surface area contributed by atoms with Gasteiger partial charge in [0, 0.05) is 4.57 Å². The van der Waals surface area contributed by atoms with Crippen LogP contribution in [0, 0.1) is 0 Å². The van der Waals surface area contributed by atoms with Crippen molar-refractivity contribution in [1.82, 2.24) is 0 Å². The number of halogens is 6. The highest BCUT2D eigenvalue weighted by Crippen LogP contribution is 2.34.